The molecule has 1 saturated carbocycles. The Bertz CT molecular complexity index is 367. The minimum atomic E-state index is 0.214. The monoisotopic (exact) mass is 260 g/mol. The summed E-state index contributed by atoms with van der Waals surface area (Å²) in [5.74, 6) is 1.44. The Kier molecular flexibility index (Phi) is 4.98. The van der Waals surface area contributed by atoms with Crippen LogP contribution in [-0.4, -0.2) is 17.1 Å². The van der Waals surface area contributed by atoms with Crippen LogP contribution in [0.5, 0.6) is 0 Å². The van der Waals surface area contributed by atoms with E-state index >= 15 is 0 Å². The first-order chi connectivity index (χ1) is 9.06. The van der Waals surface area contributed by atoms with Crippen LogP contribution in [0.25, 0.3) is 0 Å². The van der Waals surface area contributed by atoms with Gasteiger partial charge in [0.25, 0.3) is 0 Å². The lowest BCUT2D eigenvalue weighted by Crippen LogP contribution is -2.40. The Balaban J connectivity index is 2.07. The quantitative estimate of drug-likeness (QED) is 0.826. The average molecular weight is 260 g/mol. The Labute approximate surface area is 118 Å². The lowest BCUT2D eigenvalue weighted by atomic mass is 9.82. The van der Waals surface area contributed by atoms with E-state index in [4.69, 9.17) is 0 Å². The second kappa shape index (κ2) is 6.51. The molecule has 1 aliphatic carbocycles. The molecular formula is C17H28N2. The maximum absolute atomic E-state index is 4.31. The zero-order valence-electron chi connectivity index (χ0n) is 12.7. The Morgan fingerprint density at radius 3 is 2.68 bits per heavy atom. The smallest absolute Gasteiger partial charge is 0.0302 e. The Hall–Kier alpha value is -0.890. The van der Waals surface area contributed by atoms with Crippen LogP contribution in [0.3, 0.4) is 0 Å². The molecular weight excluding hydrogens is 232 g/mol. The molecule has 1 heterocycles. The number of nitrogens with one attached hydrogen (secondary N) is 1. The van der Waals surface area contributed by atoms with Crippen molar-refractivity contribution >= 4 is 0 Å². The molecule has 2 nitrogen and oxygen atoms in total. The number of aromatic nitrogens is 1. The van der Waals surface area contributed by atoms with Crippen LogP contribution >= 0.6 is 0 Å². The maximum Gasteiger partial charge on any atom is 0.0302 e. The maximum atomic E-state index is 4.31. The van der Waals surface area contributed by atoms with E-state index in [1.165, 1.54) is 37.7 Å². The summed E-state index contributed by atoms with van der Waals surface area (Å²) in [6, 6.07) is 4.33. The molecule has 2 heteroatoms. The number of hydrogen-bond donors (Lipinski definition) is 1. The normalized spacial score (nSPS) is 25.0. The molecule has 0 bridgehead atoms. The number of nitrogens with zero attached hydrogens (tertiary/aromatic N) is 1. The predicted molar refractivity (Wildman–Crippen MR) is 81.3 cm³/mol. The first kappa shape index (κ1) is 14.5. The zero-order valence-corrected chi connectivity index (χ0v) is 12.7. The molecule has 1 aliphatic rings. The van der Waals surface area contributed by atoms with Gasteiger partial charge < -0.3 is 5.32 Å². The van der Waals surface area contributed by atoms with Crippen molar-refractivity contribution in [2.75, 3.05) is 6.54 Å². The van der Waals surface area contributed by atoms with Gasteiger partial charge in [0.2, 0.25) is 0 Å². The molecule has 0 saturated heterocycles. The summed E-state index contributed by atoms with van der Waals surface area (Å²) in [7, 11) is 0. The molecule has 1 aromatic heterocycles. The largest absolute Gasteiger partial charge is 0.312 e. The molecule has 0 aliphatic heterocycles. The van der Waals surface area contributed by atoms with Gasteiger partial charge in [-0.05, 0) is 63.6 Å². The highest BCUT2D eigenvalue weighted by molar-refractivity contribution is 5.16. The van der Waals surface area contributed by atoms with Crippen molar-refractivity contribution in [1.82, 2.24) is 10.3 Å². The molecule has 1 fully saturated rings. The van der Waals surface area contributed by atoms with Gasteiger partial charge in [-0.2, -0.15) is 0 Å². The standard InChI is InChI=1S/C17H28N2/c1-17(2,3)19-13-15-8-5-4-6-10-16(15)14-9-7-11-18-12-14/h7,9,11-12,15-16,19H,4-6,8,10,13H2,1-3H3. The minimum Gasteiger partial charge on any atom is -0.312 e. The third kappa shape index (κ3) is 4.61. The Morgan fingerprint density at radius 1 is 1.21 bits per heavy atom. The molecule has 2 atom stereocenters. The van der Waals surface area contributed by atoms with Crippen LogP contribution in [0.4, 0.5) is 0 Å². The van der Waals surface area contributed by atoms with E-state index in [9.17, 15) is 0 Å². The second-order valence-electron chi connectivity index (χ2n) is 6.92. The van der Waals surface area contributed by atoms with Crippen LogP contribution < -0.4 is 5.32 Å². The van der Waals surface area contributed by atoms with E-state index in [1.54, 1.807) is 0 Å². The third-order valence-electron chi connectivity index (χ3n) is 4.17. The average Bonchev–Trinajstić information content (AvgIpc) is 2.62. The molecule has 19 heavy (non-hydrogen) atoms. The first-order valence-corrected chi connectivity index (χ1v) is 7.71. The van der Waals surface area contributed by atoms with E-state index in [1.807, 2.05) is 6.20 Å². The highest BCUT2D eigenvalue weighted by atomic mass is 14.9. The predicted octanol–water partition coefficient (Wildman–Crippen LogP) is 4.13. The molecule has 0 spiro atoms. The summed E-state index contributed by atoms with van der Waals surface area (Å²) in [4.78, 5) is 4.31. The first-order valence-electron chi connectivity index (χ1n) is 7.71. The third-order valence-corrected chi connectivity index (χ3v) is 4.17. The highest BCUT2D eigenvalue weighted by Gasteiger charge is 2.26. The number of pyridine rings is 1. The van der Waals surface area contributed by atoms with Crippen molar-refractivity contribution in [1.29, 1.82) is 0 Å². The van der Waals surface area contributed by atoms with Gasteiger partial charge in [0.1, 0.15) is 0 Å². The summed E-state index contributed by atoms with van der Waals surface area (Å²) >= 11 is 0. The minimum absolute atomic E-state index is 0.214. The van der Waals surface area contributed by atoms with Gasteiger partial charge in [0, 0.05) is 17.9 Å². The Morgan fingerprint density at radius 2 is 2.00 bits per heavy atom. The van der Waals surface area contributed by atoms with Crippen molar-refractivity contribution in [3.8, 4) is 0 Å². The lowest BCUT2D eigenvalue weighted by molar-refractivity contribution is 0.322. The molecule has 106 valence electrons. The molecule has 2 rings (SSSR count). The highest BCUT2D eigenvalue weighted by Crippen LogP contribution is 2.36. The fraction of sp³-hybridized carbons (Fsp3) is 0.706. The number of hydrogen-bond acceptors (Lipinski definition) is 2. The van der Waals surface area contributed by atoms with Gasteiger partial charge in [-0.25, -0.2) is 0 Å². The topological polar surface area (TPSA) is 24.9 Å². The van der Waals surface area contributed by atoms with Gasteiger partial charge in [-0.15, -0.1) is 0 Å². The fourth-order valence-electron chi connectivity index (χ4n) is 3.10. The molecule has 0 radical (unpaired) electrons. The van der Waals surface area contributed by atoms with E-state index in [0.717, 1.165) is 12.5 Å². The zero-order chi connectivity index (χ0) is 13.7. The molecule has 2 unspecified atom stereocenters. The molecule has 0 aromatic carbocycles. The number of rotatable bonds is 3. The van der Waals surface area contributed by atoms with E-state index in [-0.39, 0.29) is 5.54 Å². The summed E-state index contributed by atoms with van der Waals surface area (Å²) in [6.45, 7) is 7.89. The SMILES string of the molecule is CC(C)(C)NCC1CCCCCC1c1cccnc1. The van der Waals surface area contributed by atoms with Crippen LogP contribution in [0, 0.1) is 5.92 Å². The van der Waals surface area contributed by atoms with E-state index in [2.05, 4.69) is 49.4 Å². The van der Waals surface area contributed by atoms with Crippen molar-refractivity contribution in [3.05, 3.63) is 30.1 Å². The van der Waals surface area contributed by atoms with Crippen molar-refractivity contribution in [3.63, 3.8) is 0 Å². The van der Waals surface area contributed by atoms with E-state index in [0.29, 0.717) is 5.92 Å². The van der Waals surface area contributed by atoms with Crippen LogP contribution in [0.2, 0.25) is 0 Å². The van der Waals surface area contributed by atoms with Crippen molar-refractivity contribution in [2.45, 2.75) is 64.3 Å². The summed E-state index contributed by atoms with van der Waals surface area (Å²) in [6.07, 6.45) is 10.8. The molecule has 1 aromatic rings. The molecule has 1 N–H and O–H groups in total. The fourth-order valence-corrected chi connectivity index (χ4v) is 3.10. The van der Waals surface area contributed by atoms with Gasteiger partial charge in [0.15, 0.2) is 0 Å². The van der Waals surface area contributed by atoms with Gasteiger partial charge >= 0.3 is 0 Å². The summed E-state index contributed by atoms with van der Waals surface area (Å²) < 4.78 is 0. The van der Waals surface area contributed by atoms with Crippen LogP contribution in [0.15, 0.2) is 24.5 Å². The molecule has 0 amide bonds. The van der Waals surface area contributed by atoms with E-state index < -0.39 is 0 Å². The van der Waals surface area contributed by atoms with Gasteiger partial charge in [-0.3, -0.25) is 4.98 Å². The van der Waals surface area contributed by atoms with Crippen LogP contribution in [0.1, 0.15) is 64.4 Å². The summed E-state index contributed by atoms with van der Waals surface area (Å²) in [5.41, 5.74) is 1.65. The van der Waals surface area contributed by atoms with Crippen molar-refractivity contribution < 1.29 is 0 Å². The van der Waals surface area contributed by atoms with Crippen LogP contribution in [-0.2, 0) is 0 Å². The van der Waals surface area contributed by atoms with Crippen molar-refractivity contribution in [2.24, 2.45) is 5.92 Å². The summed E-state index contributed by atoms with van der Waals surface area (Å²) in [5, 5.41) is 3.70. The lowest BCUT2D eigenvalue weighted by Gasteiger charge is -2.30. The van der Waals surface area contributed by atoms with Gasteiger partial charge in [0.05, 0.1) is 0 Å². The van der Waals surface area contributed by atoms with Gasteiger partial charge in [-0.1, -0.05) is 25.3 Å². The second-order valence-corrected chi connectivity index (χ2v) is 6.92.